The van der Waals surface area contributed by atoms with Gasteiger partial charge in [0.25, 0.3) is 5.91 Å². The molecule has 0 radical (unpaired) electrons. The normalized spacial score (nSPS) is 21.2. The Balaban J connectivity index is 1.57. The lowest BCUT2D eigenvalue weighted by molar-refractivity contribution is 0.0697. The minimum atomic E-state index is -3.50. The molecule has 1 saturated heterocycles. The maximum absolute atomic E-state index is 13.4. The Morgan fingerprint density at radius 1 is 1.03 bits per heavy atom. The first kappa shape index (κ1) is 22.0. The standard InChI is InChI=1S/C25H35N3O3S/c1-17(2)32(30,31)28-23-9-8-19(25(29)26-12-10-18(3)11-13-26)14-21(23)22-15-27(16-24(22)28)20-6-4-5-7-20/h8-9,14,17-18,20H,4-7,10-13,15-16H2,1-3H3. The molecule has 174 valence electrons. The van der Waals surface area contributed by atoms with Gasteiger partial charge in [0, 0.05) is 43.2 Å². The van der Waals surface area contributed by atoms with Crippen molar-refractivity contribution in [3.63, 3.8) is 0 Å². The molecule has 32 heavy (non-hydrogen) atoms. The molecule has 0 bridgehead atoms. The van der Waals surface area contributed by atoms with Gasteiger partial charge in [-0.1, -0.05) is 19.8 Å². The van der Waals surface area contributed by atoms with Crippen LogP contribution in [0.3, 0.4) is 0 Å². The summed E-state index contributed by atoms with van der Waals surface area (Å²) in [7, 11) is -3.50. The summed E-state index contributed by atoms with van der Waals surface area (Å²) in [6.45, 7) is 8.77. The van der Waals surface area contributed by atoms with Crippen molar-refractivity contribution < 1.29 is 13.2 Å². The molecule has 0 atom stereocenters. The number of aromatic nitrogens is 1. The van der Waals surface area contributed by atoms with Crippen molar-refractivity contribution in [2.24, 2.45) is 5.92 Å². The average Bonchev–Trinajstić information content (AvgIpc) is 3.49. The summed E-state index contributed by atoms with van der Waals surface area (Å²) in [5.41, 5.74) is 3.39. The van der Waals surface area contributed by atoms with Crippen molar-refractivity contribution in [2.45, 2.75) is 83.7 Å². The lowest BCUT2D eigenvalue weighted by Crippen LogP contribution is -2.37. The number of carbonyl (C=O) groups excluding carboxylic acids is 1. The van der Waals surface area contributed by atoms with Gasteiger partial charge in [-0.2, -0.15) is 0 Å². The smallest absolute Gasteiger partial charge is 0.253 e. The Morgan fingerprint density at radius 2 is 1.72 bits per heavy atom. The number of rotatable bonds is 4. The number of benzene rings is 1. The van der Waals surface area contributed by atoms with E-state index in [9.17, 15) is 13.2 Å². The van der Waals surface area contributed by atoms with Crippen LogP contribution in [0.2, 0.25) is 0 Å². The van der Waals surface area contributed by atoms with Crippen molar-refractivity contribution in [2.75, 3.05) is 13.1 Å². The number of piperidine rings is 1. The summed E-state index contributed by atoms with van der Waals surface area (Å²) < 4.78 is 28.3. The first-order valence-corrected chi connectivity index (χ1v) is 13.7. The van der Waals surface area contributed by atoms with Gasteiger partial charge in [0.05, 0.1) is 16.5 Å². The first-order chi connectivity index (χ1) is 15.3. The minimum Gasteiger partial charge on any atom is -0.339 e. The zero-order chi connectivity index (χ0) is 22.6. The van der Waals surface area contributed by atoms with E-state index in [4.69, 9.17) is 0 Å². The highest BCUT2D eigenvalue weighted by Crippen LogP contribution is 2.39. The summed E-state index contributed by atoms with van der Waals surface area (Å²) in [5, 5.41) is 0.431. The molecule has 1 aromatic heterocycles. The number of amides is 1. The van der Waals surface area contributed by atoms with Crippen LogP contribution in [0.1, 0.15) is 80.9 Å². The van der Waals surface area contributed by atoms with Gasteiger partial charge in [-0.05, 0) is 69.2 Å². The van der Waals surface area contributed by atoms with Gasteiger partial charge in [0.15, 0.2) is 0 Å². The molecular formula is C25H35N3O3S. The van der Waals surface area contributed by atoms with Crippen LogP contribution in [0.15, 0.2) is 18.2 Å². The average molecular weight is 458 g/mol. The third-order valence-electron chi connectivity index (χ3n) is 7.86. The quantitative estimate of drug-likeness (QED) is 0.684. The lowest BCUT2D eigenvalue weighted by atomic mass is 9.98. The molecule has 2 fully saturated rings. The molecule has 2 aliphatic heterocycles. The topological polar surface area (TPSA) is 62.6 Å². The fraction of sp³-hybridized carbons (Fsp3) is 0.640. The SMILES string of the molecule is CC1CCN(C(=O)c2ccc3c(c2)c2c(n3S(=O)(=O)C(C)C)CN(C3CCCC3)C2)CC1. The number of hydrogen-bond donors (Lipinski definition) is 0. The molecule has 6 nitrogen and oxygen atoms in total. The summed E-state index contributed by atoms with van der Waals surface area (Å²) >= 11 is 0. The fourth-order valence-electron chi connectivity index (χ4n) is 5.72. The minimum absolute atomic E-state index is 0.0673. The molecule has 1 saturated carbocycles. The van der Waals surface area contributed by atoms with Crippen molar-refractivity contribution in [3.05, 3.63) is 35.0 Å². The molecule has 1 amide bonds. The molecule has 3 aliphatic rings. The van der Waals surface area contributed by atoms with Crippen molar-refractivity contribution >= 4 is 26.8 Å². The van der Waals surface area contributed by atoms with E-state index in [1.54, 1.807) is 17.8 Å². The van der Waals surface area contributed by atoms with E-state index in [-0.39, 0.29) is 5.91 Å². The van der Waals surface area contributed by atoms with Gasteiger partial charge >= 0.3 is 0 Å². The van der Waals surface area contributed by atoms with E-state index in [1.807, 2.05) is 23.1 Å². The van der Waals surface area contributed by atoms with E-state index in [2.05, 4.69) is 11.8 Å². The highest BCUT2D eigenvalue weighted by Gasteiger charge is 2.36. The molecule has 0 unspecified atom stereocenters. The van der Waals surface area contributed by atoms with E-state index in [1.165, 1.54) is 25.7 Å². The molecule has 2 aromatic rings. The Bertz CT molecular complexity index is 1140. The summed E-state index contributed by atoms with van der Waals surface area (Å²) in [6.07, 6.45) is 6.98. The zero-order valence-electron chi connectivity index (χ0n) is 19.5. The predicted molar refractivity (Wildman–Crippen MR) is 127 cm³/mol. The second-order valence-electron chi connectivity index (χ2n) is 10.3. The highest BCUT2D eigenvalue weighted by molar-refractivity contribution is 7.90. The molecular weight excluding hydrogens is 422 g/mol. The Hall–Kier alpha value is -1.86. The Morgan fingerprint density at radius 3 is 2.38 bits per heavy atom. The van der Waals surface area contributed by atoms with Crippen LogP contribution < -0.4 is 0 Å². The first-order valence-electron chi connectivity index (χ1n) is 12.2. The van der Waals surface area contributed by atoms with Gasteiger partial charge in [-0.15, -0.1) is 0 Å². The van der Waals surface area contributed by atoms with E-state index < -0.39 is 15.3 Å². The van der Waals surface area contributed by atoms with Gasteiger partial charge < -0.3 is 4.90 Å². The lowest BCUT2D eigenvalue weighted by Gasteiger charge is -2.30. The number of hydrogen-bond acceptors (Lipinski definition) is 4. The number of likely N-dealkylation sites (tertiary alicyclic amines) is 1. The third kappa shape index (κ3) is 3.58. The van der Waals surface area contributed by atoms with Crippen molar-refractivity contribution in [1.82, 2.24) is 13.8 Å². The monoisotopic (exact) mass is 457 g/mol. The maximum atomic E-state index is 13.4. The van der Waals surface area contributed by atoms with Gasteiger partial charge in [-0.25, -0.2) is 12.4 Å². The van der Waals surface area contributed by atoms with Crippen LogP contribution in [0.4, 0.5) is 0 Å². The Labute approximate surface area is 191 Å². The summed E-state index contributed by atoms with van der Waals surface area (Å²) in [4.78, 5) is 17.6. The summed E-state index contributed by atoms with van der Waals surface area (Å²) in [5.74, 6) is 0.735. The highest BCUT2D eigenvalue weighted by atomic mass is 32.2. The van der Waals surface area contributed by atoms with Crippen molar-refractivity contribution in [1.29, 1.82) is 0 Å². The molecule has 3 heterocycles. The van der Waals surface area contributed by atoms with Crippen LogP contribution in [0, 0.1) is 5.92 Å². The van der Waals surface area contributed by atoms with Crippen LogP contribution in [0.25, 0.3) is 10.9 Å². The second-order valence-corrected chi connectivity index (χ2v) is 12.7. The maximum Gasteiger partial charge on any atom is 0.253 e. The van der Waals surface area contributed by atoms with E-state index >= 15 is 0 Å². The van der Waals surface area contributed by atoms with Gasteiger partial charge in [0.2, 0.25) is 10.0 Å². The number of fused-ring (bicyclic) bond motifs is 3. The van der Waals surface area contributed by atoms with Crippen LogP contribution in [-0.2, 0) is 23.1 Å². The van der Waals surface area contributed by atoms with E-state index in [0.717, 1.165) is 54.6 Å². The van der Waals surface area contributed by atoms with Crippen LogP contribution in [0.5, 0.6) is 0 Å². The largest absolute Gasteiger partial charge is 0.339 e. The number of nitrogens with zero attached hydrogens (tertiary/aromatic N) is 3. The van der Waals surface area contributed by atoms with E-state index in [0.29, 0.717) is 24.1 Å². The zero-order valence-corrected chi connectivity index (χ0v) is 20.3. The molecule has 1 aliphatic carbocycles. The molecule has 0 N–H and O–H groups in total. The van der Waals surface area contributed by atoms with Crippen LogP contribution >= 0.6 is 0 Å². The van der Waals surface area contributed by atoms with Gasteiger partial charge in [-0.3, -0.25) is 9.69 Å². The summed E-state index contributed by atoms with van der Waals surface area (Å²) in [6, 6.07) is 6.17. The molecule has 1 aromatic carbocycles. The molecule has 0 spiro atoms. The second kappa shape index (κ2) is 8.17. The van der Waals surface area contributed by atoms with Crippen LogP contribution in [-0.4, -0.2) is 52.5 Å². The number of carbonyl (C=O) groups is 1. The third-order valence-corrected chi connectivity index (χ3v) is 9.97. The molecule has 7 heteroatoms. The molecule has 5 rings (SSSR count). The fourth-order valence-corrected chi connectivity index (χ4v) is 7.05. The van der Waals surface area contributed by atoms with Crippen molar-refractivity contribution in [3.8, 4) is 0 Å². The van der Waals surface area contributed by atoms with Gasteiger partial charge in [0.1, 0.15) is 0 Å². The Kier molecular flexibility index (Phi) is 5.61. The predicted octanol–water partition coefficient (Wildman–Crippen LogP) is 4.36.